The van der Waals surface area contributed by atoms with Crippen LogP contribution >= 0.6 is 11.6 Å². The van der Waals surface area contributed by atoms with Gasteiger partial charge in [0.2, 0.25) is 0 Å². The summed E-state index contributed by atoms with van der Waals surface area (Å²) in [6.07, 6.45) is 0.717. The Labute approximate surface area is 194 Å². The Morgan fingerprint density at radius 2 is 1.81 bits per heavy atom. The molecule has 2 aromatic rings. The summed E-state index contributed by atoms with van der Waals surface area (Å²) in [6.45, 7) is 7.25. The fraction of sp³-hybridized carbons (Fsp3) is 0.360. The number of Topliss-reactive ketones (excluding diaryl/α,β-unsaturated/α-hetero) is 1. The van der Waals surface area contributed by atoms with Crippen LogP contribution in [0.4, 0.5) is 0 Å². The second-order valence-electron chi connectivity index (χ2n) is 7.66. The molecular formula is C25H29ClN2O4. The van der Waals surface area contributed by atoms with E-state index in [1.54, 1.807) is 54.5 Å². The first-order chi connectivity index (χ1) is 15.4. The van der Waals surface area contributed by atoms with Crippen molar-refractivity contribution in [2.75, 3.05) is 33.3 Å². The molecule has 1 fully saturated rings. The Morgan fingerprint density at radius 3 is 2.41 bits per heavy atom. The molecule has 1 N–H and O–H groups in total. The molecule has 0 spiro atoms. The first-order valence-electron chi connectivity index (χ1n) is 10.8. The largest absolute Gasteiger partial charge is 0.507 e. The van der Waals surface area contributed by atoms with E-state index < -0.39 is 17.7 Å². The zero-order valence-electron chi connectivity index (χ0n) is 18.7. The SMILES string of the molecule is CCN(CC)CCCN1C(=O)C(=O)/C(=C(/O)c2ccc(OC)cc2)C1c1cccc(Cl)c1. The Morgan fingerprint density at radius 1 is 1.12 bits per heavy atom. The number of amides is 1. The van der Waals surface area contributed by atoms with E-state index in [0.717, 1.165) is 19.6 Å². The maximum absolute atomic E-state index is 13.1. The number of carbonyl (C=O) groups is 2. The number of aliphatic hydroxyl groups excluding tert-OH is 1. The van der Waals surface area contributed by atoms with Gasteiger partial charge in [0.1, 0.15) is 11.5 Å². The number of carbonyl (C=O) groups excluding carboxylic acids is 2. The molecule has 1 aliphatic rings. The van der Waals surface area contributed by atoms with Crippen molar-refractivity contribution in [3.05, 3.63) is 70.3 Å². The second-order valence-corrected chi connectivity index (χ2v) is 8.09. The van der Waals surface area contributed by atoms with Gasteiger partial charge in [-0.25, -0.2) is 0 Å². The van der Waals surface area contributed by atoms with Crippen LogP contribution in [0, 0.1) is 0 Å². The molecule has 0 aromatic heterocycles. The Hall–Kier alpha value is -2.83. The van der Waals surface area contributed by atoms with Crippen molar-refractivity contribution in [1.82, 2.24) is 9.80 Å². The molecule has 3 rings (SSSR count). The van der Waals surface area contributed by atoms with Crippen molar-refractivity contribution in [2.45, 2.75) is 26.3 Å². The van der Waals surface area contributed by atoms with E-state index in [2.05, 4.69) is 18.7 Å². The van der Waals surface area contributed by atoms with Crippen molar-refractivity contribution in [1.29, 1.82) is 0 Å². The van der Waals surface area contributed by atoms with Crippen molar-refractivity contribution in [3.63, 3.8) is 0 Å². The molecule has 0 aliphatic carbocycles. The van der Waals surface area contributed by atoms with Crippen LogP contribution in [-0.2, 0) is 9.59 Å². The van der Waals surface area contributed by atoms with Crippen molar-refractivity contribution < 1.29 is 19.4 Å². The highest BCUT2D eigenvalue weighted by molar-refractivity contribution is 6.46. The Balaban J connectivity index is 2.02. The van der Waals surface area contributed by atoms with Gasteiger partial charge in [0.25, 0.3) is 11.7 Å². The minimum atomic E-state index is -0.701. The number of hydrogen-bond donors (Lipinski definition) is 1. The van der Waals surface area contributed by atoms with Crippen LogP contribution in [0.2, 0.25) is 5.02 Å². The van der Waals surface area contributed by atoms with Crippen LogP contribution in [0.5, 0.6) is 5.75 Å². The number of ketones is 1. The van der Waals surface area contributed by atoms with Crippen molar-refractivity contribution in [2.24, 2.45) is 0 Å². The predicted molar refractivity (Wildman–Crippen MR) is 126 cm³/mol. The molecule has 0 bridgehead atoms. The summed E-state index contributed by atoms with van der Waals surface area (Å²) in [6, 6.07) is 13.1. The minimum Gasteiger partial charge on any atom is -0.507 e. The predicted octanol–water partition coefficient (Wildman–Crippen LogP) is 4.50. The maximum atomic E-state index is 13.1. The van der Waals surface area contributed by atoms with Gasteiger partial charge in [-0.1, -0.05) is 37.6 Å². The average molecular weight is 457 g/mol. The van der Waals surface area contributed by atoms with Crippen LogP contribution in [0.15, 0.2) is 54.1 Å². The van der Waals surface area contributed by atoms with Crippen LogP contribution in [-0.4, -0.2) is 59.9 Å². The lowest BCUT2D eigenvalue weighted by Crippen LogP contribution is -2.33. The molecule has 170 valence electrons. The monoisotopic (exact) mass is 456 g/mol. The summed E-state index contributed by atoms with van der Waals surface area (Å²) < 4.78 is 5.17. The molecule has 1 heterocycles. The van der Waals surface area contributed by atoms with Gasteiger partial charge in [-0.3, -0.25) is 9.59 Å². The lowest BCUT2D eigenvalue weighted by atomic mass is 9.95. The van der Waals surface area contributed by atoms with E-state index in [1.807, 2.05) is 6.07 Å². The number of methoxy groups -OCH3 is 1. The fourth-order valence-electron chi connectivity index (χ4n) is 4.04. The van der Waals surface area contributed by atoms with E-state index in [0.29, 0.717) is 34.9 Å². The molecular weight excluding hydrogens is 428 g/mol. The third-order valence-electron chi connectivity index (χ3n) is 5.84. The average Bonchev–Trinajstić information content (AvgIpc) is 3.06. The molecule has 0 saturated carbocycles. The van der Waals surface area contributed by atoms with E-state index in [1.165, 1.54) is 0 Å². The number of ether oxygens (including phenoxy) is 1. The van der Waals surface area contributed by atoms with Crippen LogP contribution in [0.1, 0.15) is 37.4 Å². The summed E-state index contributed by atoms with van der Waals surface area (Å²) in [5.41, 5.74) is 1.21. The molecule has 6 nitrogen and oxygen atoms in total. The molecule has 1 saturated heterocycles. The summed E-state index contributed by atoms with van der Waals surface area (Å²) >= 11 is 6.22. The number of halogens is 1. The molecule has 1 atom stereocenters. The lowest BCUT2D eigenvalue weighted by Gasteiger charge is -2.27. The number of hydrogen-bond acceptors (Lipinski definition) is 5. The van der Waals surface area contributed by atoms with Crippen molar-refractivity contribution >= 4 is 29.1 Å². The highest BCUT2D eigenvalue weighted by atomic mass is 35.5. The number of nitrogens with zero attached hydrogens (tertiary/aromatic N) is 2. The standard InChI is InChI=1S/C25H29ClN2O4/c1-4-27(5-2)14-7-15-28-22(18-8-6-9-19(26)16-18)21(24(30)25(28)31)23(29)17-10-12-20(32-3)13-11-17/h6,8-13,16,22,29H,4-5,7,14-15H2,1-3H3/b23-21+. The topological polar surface area (TPSA) is 70.1 Å². The fourth-order valence-corrected chi connectivity index (χ4v) is 4.24. The number of likely N-dealkylation sites (tertiary alicyclic amines) is 1. The summed E-state index contributed by atoms with van der Waals surface area (Å²) in [7, 11) is 1.55. The van der Waals surface area contributed by atoms with Gasteiger partial charge >= 0.3 is 0 Å². The highest BCUT2D eigenvalue weighted by Crippen LogP contribution is 2.40. The minimum absolute atomic E-state index is 0.0743. The summed E-state index contributed by atoms with van der Waals surface area (Å²) in [5.74, 6) is -0.872. The quantitative estimate of drug-likeness (QED) is 0.341. The number of benzene rings is 2. The zero-order valence-corrected chi connectivity index (χ0v) is 19.4. The third kappa shape index (κ3) is 4.97. The highest BCUT2D eigenvalue weighted by Gasteiger charge is 2.45. The summed E-state index contributed by atoms with van der Waals surface area (Å²) in [4.78, 5) is 29.9. The van der Waals surface area contributed by atoms with Crippen LogP contribution in [0.25, 0.3) is 5.76 Å². The zero-order chi connectivity index (χ0) is 23.3. The van der Waals surface area contributed by atoms with Crippen LogP contribution in [0.3, 0.4) is 0 Å². The van der Waals surface area contributed by atoms with Crippen LogP contribution < -0.4 is 4.74 Å². The van der Waals surface area contributed by atoms with E-state index in [-0.39, 0.29) is 11.3 Å². The first-order valence-corrected chi connectivity index (χ1v) is 11.2. The van der Waals surface area contributed by atoms with Gasteiger partial charge in [-0.15, -0.1) is 0 Å². The Kier molecular flexibility index (Phi) is 7.94. The normalized spacial score (nSPS) is 17.9. The number of aliphatic hydroxyl groups is 1. The maximum Gasteiger partial charge on any atom is 0.295 e. The Bertz CT molecular complexity index is 999. The molecule has 1 amide bonds. The first kappa shape index (κ1) is 23.8. The van der Waals surface area contributed by atoms with Gasteiger partial charge in [-0.2, -0.15) is 0 Å². The van der Waals surface area contributed by atoms with Gasteiger partial charge in [-0.05, 0) is 68.0 Å². The smallest absolute Gasteiger partial charge is 0.295 e. The molecule has 0 radical (unpaired) electrons. The lowest BCUT2D eigenvalue weighted by molar-refractivity contribution is -0.140. The molecule has 1 unspecified atom stereocenters. The third-order valence-corrected chi connectivity index (χ3v) is 6.07. The van der Waals surface area contributed by atoms with Gasteiger partial charge < -0.3 is 19.6 Å². The number of rotatable bonds is 9. The van der Waals surface area contributed by atoms with Crippen molar-refractivity contribution in [3.8, 4) is 5.75 Å². The van der Waals surface area contributed by atoms with E-state index in [4.69, 9.17) is 16.3 Å². The molecule has 32 heavy (non-hydrogen) atoms. The van der Waals surface area contributed by atoms with Gasteiger partial charge in [0, 0.05) is 17.1 Å². The summed E-state index contributed by atoms with van der Waals surface area (Å²) in [5, 5.41) is 11.6. The molecule has 2 aromatic carbocycles. The second kappa shape index (κ2) is 10.7. The van der Waals surface area contributed by atoms with Gasteiger partial charge in [0.15, 0.2) is 0 Å². The van der Waals surface area contributed by atoms with E-state index in [9.17, 15) is 14.7 Å². The molecule has 1 aliphatic heterocycles. The molecule has 7 heteroatoms. The van der Waals surface area contributed by atoms with E-state index >= 15 is 0 Å². The van der Waals surface area contributed by atoms with Gasteiger partial charge in [0.05, 0.1) is 18.7 Å².